The average Bonchev–Trinajstić information content (AvgIpc) is 2.70. The fourth-order valence-corrected chi connectivity index (χ4v) is 1.47. The Hall–Kier alpha value is -2.58. The molecular formula is C11H9F3N4O2. The summed E-state index contributed by atoms with van der Waals surface area (Å²) in [6, 6.07) is 5.19. The normalized spacial score (nSPS) is 11.4. The van der Waals surface area contributed by atoms with Crippen LogP contribution in [0.5, 0.6) is 5.75 Å². The number of hydrogen-bond acceptors (Lipinski definition) is 4. The van der Waals surface area contributed by atoms with Crippen LogP contribution in [0.4, 0.5) is 19.1 Å². The highest BCUT2D eigenvalue weighted by molar-refractivity contribution is 6.03. The number of amides is 1. The first-order valence-electron chi connectivity index (χ1n) is 5.36. The number of carbonyl (C=O) groups excluding carboxylic acids is 1. The first-order valence-corrected chi connectivity index (χ1v) is 5.36. The Morgan fingerprint density at radius 2 is 1.90 bits per heavy atom. The van der Waals surface area contributed by atoms with Gasteiger partial charge in [0.05, 0.1) is 0 Å². The molecule has 1 aromatic heterocycles. The van der Waals surface area contributed by atoms with Crippen molar-refractivity contribution in [2.45, 2.75) is 6.18 Å². The van der Waals surface area contributed by atoms with Crippen LogP contribution in [0, 0.1) is 0 Å². The summed E-state index contributed by atoms with van der Waals surface area (Å²) >= 11 is 0. The lowest BCUT2D eigenvalue weighted by atomic mass is 10.2. The van der Waals surface area contributed by atoms with E-state index < -0.39 is 23.9 Å². The predicted molar refractivity (Wildman–Crippen MR) is 62.1 cm³/mol. The number of benzene rings is 1. The molecule has 0 aliphatic rings. The number of rotatable bonds is 2. The molecule has 0 fully saturated rings. The number of carbonyl (C=O) groups is 1. The van der Waals surface area contributed by atoms with Crippen LogP contribution >= 0.6 is 0 Å². The topological polar surface area (TPSA) is 80.0 Å². The fourth-order valence-electron chi connectivity index (χ4n) is 1.47. The Kier molecular flexibility index (Phi) is 3.35. The van der Waals surface area contributed by atoms with Gasteiger partial charge in [0.15, 0.2) is 0 Å². The summed E-state index contributed by atoms with van der Waals surface area (Å²) in [5.41, 5.74) is 0.156. The number of nitrogens with zero attached hydrogens (tertiary/aromatic N) is 3. The smallest absolute Gasteiger partial charge is 0.451 e. The molecule has 2 N–H and O–H groups in total. The van der Waals surface area contributed by atoms with E-state index in [0.717, 1.165) is 7.05 Å². The quantitative estimate of drug-likeness (QED) is 0.882. The number of hydrogen-bond donors (Lipinski definition) is 2. The van der Waals surface area contributed by atoms with Gasteiger partial charge in [-0.2, -0.15) is 18.2 Å². The second-order valence-corrected chi connectivity index (χ2v) is 3.88. The Labute approximate surface area is 110 Å². The number of aromatic nitrogens is 3. The second kappa shape index (κ2) is 4.83. The predicted octanol–water partition coefficient (Wildman–Crippen LogP) is 1.79. The van der Waals surface area contributed by atoms with Gasteiger partial charge in [-0.05, 0) is 24.3 Å². The highest BCUT2D eigenvalue weighted by Gasteiger charge is 2.37. The van der Waals surface area contributed by atoms with Crippen LogP contribution in [-0.4, -0.2) is 25.8 Å². The molecular weight excluding hydrogens is 277 g/mol. The molecule has 1 aromatic carbocycles. The summed E-state index contributed by atoms with van der Waals surface area (Å²) in [4.78, 5) is 14.9. The van der Waals surface area contributed by atoms with Crippen molar-refractivity contribution in [3.05, 3.63) is 35.7 Å². The molecule has 2 rings (SSSR count). The molecule has 0 bridgehead atoms. The zero-order valence-electron chi connectivity index (χ0n) is 10.1. The van der Waals surface area contributed by atoms with Crippen LogP contribution in [-0.2, 0) is 13.2 Å². The first-order chi connectivity index (χ1) is 9.27. The number of aromatic hydroxyl groups is 1. The van der Waals surface area contributed by atoms with Gasteiger partial charge >= 0.3 is 6.18 Å². The van der Waals surface area contributed by atoms with Gasteiger partial charge in [0.2, 0.25) is 11.8 Å². The molecule has 1 heterocycles. The van der Waals surface area contributed by atoms with Gasteiger partial charge < -0.3 is 5.11 Å². The van der Waals surface area contributed by atoms with Crippen LogP contribution < -0.4 is 5.32 Å². The third-order valence-corrected chi connectivity index (χ3v) is 2.37. The van der Waals surface area contributed by atoms with E-state index in [1.54, 1.807) is 0 Å². The molecule has 0 spiro atoms. The van der Waals surface area contributed by atoms with Gasteiger partial charge in [-0.1, -0.05) is 0 Å². The van der Waals surface area contributed by atoms with Crippen LogP contribution in [0.25, 0.3) is 0 Å². The Balaban J connectivity index is 2.18. The van der Waals surface area contributed by atoms with Crippen molar-refractivity contribution >= 4 is 11.9 Å². The van der Waals surface area contributed by atoms with Crippen molar-refractivity contribution in [3.8, 4) is 5.75 Å². The van der Waals surface area contributed by atoms with Crippen molar-refractivity contribution in [2.75, 3.05) is 5.32 Å². The maximum atomic E-state index is 12.5. The summed E-state index contributed by atoms with van der Waals surface area (Å²) in [6.07, 6.45) is -4.65. The third-order valence-electron chi connectivity index (χ3n) is 2.37. The molecule has 9 heteroatoms. The van der Waals surface area contributed by atoms with E-state index in [9.17, 15) is 18.0 Å². The number of halogens is 3. The van der Waals surface area contributed by atoms with Gasteiger partial charge in [-0.3, -0.25) is 10.1 Å². The minimum absolute atomic E-state index is 0.0307. The van der Waals surface area contributed by atoms with Crippen molar-refractivity contribution in [3.63, 3.8) is 0 Å². The lowest BCUT2D eigenvalue weighted by Crippen LogP contribution is -2.13. The minimum Gasteiger partial charge on any atom is -0.508 e. The first kappa shape index (κ1) is 13.8. The number of alkyl halides is 3. The largest absolute Gasteiger partial charge is 0.508 e. The molecule has 106 valence electrons. The summed E-state index contributed by atoms with van der Waals surface area (Å²) in [6.45, 7) is 0. The lowest BCUT2D eigenvalue weighted by Gasteiger charge is -2.02. The summed E-state index contributed by atoms with van der Waals surface area (Å²) in [5.74, 6) is -2.36. The molecule has 0 aliphatic heterocycles. The highest BCUT2D eigenvalue weighted by atomic mass is 19.4. The lowest BCUT2D eigenvalue weighted by molar-refractivity contribution is -0.147. The second-order valence-electron chi connectivity index (χ2n) is 3.88. The molecule has 0 radical (unpaired) electrons. The van der Waals surface area contributed by atoms with Crippen LogP contribution in [0.2, 0.25) is 0 Å². The van der Waals surface area contributed by atoms with Crippen molar-refractivity contribution in [2.24, 2.45) is 7.05 Å². The number of anilines is 1. The number of nitrogens with one attached hydrogen (secondary N) is 1. The third kappa shape index (κ3) is 2.87. The SMILES string of the molecule is Cn1nc(NC(=O)c2ccc(O)cc2)nc1C(F)(F)F. The zero-order valence-corrected chi connectivity index (χ0v) is 10.1. The monoisotopic (exact) mass is 286 g/mol. The highest BCUT2D eigenvalue weighted by Crippen LogP contribution is 2.27. The fraction of sp³-hybridized carbons (Fsp3) is 0.182. The maximum Gasteiger partial charge on any atom is 0.451 e. The number of phenols is 1. The molecule has 2 aromatic rings. The van der Waals surface area contributed by atoms with E-state index in [1.165, 1.54) is 24.3 Å². The summed E-state index contributed by atoms with van der Waals surface area (Å²) < 4.78 is 38.0. The Morgan fingerprint density at radius 1 is 1.30 bits per heavy atom. The summed E-state index contributed by atoms with van der Waals surface area (Å²) in [7, 11) is 1.08. The molecule has 0 aliphatic carbocycles. The van der Waals surface area contributed by atoms with Gasteiger partial charge in [-0.15, -0.1) is 5.10 Å². The van der Waals surface area contributed by atoms with E-state index in [1.807, 2.05) is 0 Å². The van der Waals surface area contributed by atoms with Gasteiger partial charge in [-0.25, -0.2) is 4.68 Å². The molecule has 0 saturated heterocycles. The average molecular weight is 286 g/mol. The molecule has 1 amide bonds. The zero-order chi connectivity index (χ0) is 14.9. The number of phenolic OH excluding ortho intramolecular Hbond substituents is 1. The molecule has 20 heavy (non-hydrogen) atoms. The molecule has 0 atom stereocenters. The van der Waals surface area contributed by atoms with E-state index >= 15 is 0 Å². The van der Waals surface area contributed by atoms with Crippen LogP contribution in [0.1, 0.15) is 16.2 Å². The number of aryl methyl sites for hydroxylation is 1. The Morgan fingerprint density at radius 3 is 2.40 bits per heavy atom. The van der Waals surface area contributed by atoms with E-state index in [2.05, 4.69) is 15.4 Å². The van der Waals surface area contributed by atoms with Gasteiger partial charge in [0.1, 0.15) is 5.75 Å². The molecule has 0 saturated carbocycles. The van der Waals surface area contributed by atoms with Gasteiger partial charge in [0, 0.05) is 12.6 Å². The standard InChI is InChI=1S/C11H9F3N4O2/c1-18-9(11(12,13)14)16-10(17-18)15-8(20)6-2-4-7(19)5-3-6/h2-5,19H,1H3,(H,15,17,20). The van der Waals surface area contributed by atoms with Crippen LogP contribution in [0.3, 0.4) is 0 Å². The molecule has 0 unspecified atom stereocenters. The van der Waals surface area contributed by atoms with Crippen molar-refractivity contribution in [1.29, 1.82) is 0 Å². The van der Waals surface area contributed by atoms with Crippen molar-refractivity contribution < 1.29 is 23.1 Å². The maximum absolute atomic E-state index is 12.5. The Bertz CT molecular complexity index is 634. The van der Waals surface area contributed by atoms with Crippen LogP contribution in [0.15, 0.2) is 24.3 Å². The minimum atomic E-state index is -4.65. The van der Waals surface area contributed by atoms with Crippen molar-refractivity contribution in [1.82, 2.24) is 14.8 Å². The van der Waals surface area contributed by atoms with E-state index in [0.29, 0.717) is 4.68 Å². The van der Waals surface area contributed by atoms with E-state index in [4.69, 9.17) is 5.11 Å². The molecule has 6 nitrogen and oxygen atoms in total. The van der Waals surface area contributed by atoms with E-state index in [-0.39, 0.29) is 11.3 Å². The van der Waals surface area contributed by atoms with Gasteiger partial charge in [0.25, 0.3) is 5.91 Å². The summed E-state index contributed by atoms with van der Waals surface area (Å²) in [5, 5.41) is 14.7.